The Morgan fingerprint density at radius 2 is 2.13 bits per heavy atom. The molecule has 1 aromatic carbocycles. The van der Waals surface area contributed by atoms with Crippen LogP contribution in [0.25, 0.3) is 0 Å². The lowest BCUT2D eigenvalue weighted by Gasteiger charge is -2.21. The summed E-state index contributed by atoms with van der Waals surface area (Å²) in [6.07, 6.45) is 6.45. The maximum Gasteiger partial charge on any atom is 0.130 e. The van der Waals surface area contributed by atoms with Crippen LogP contribution in [0.4, 0.5) is 4.39 Å². The van der Waals surface area contributed by atoms with Crippen LogP contribution in [-0.2, 0) is 0 Å². The van der Waals surface area contributed by atoms with Crippen molar-refractivity contribution in [1.29, 1.82) is 0 Å². The van der Waals surface area contributed by atoms with Gasteiger partial charge in [0.2, 0.25) is 0 Å². The van der Waals surface area contributed by atoms with Crippen LogP contribution in [0.15, 0.2) is 18.2 Å². The topological polar surface area (TPSA) is 9.23 Å². The minimum Gasteiger partial charge on any atom is -0.493 e. The third kappa shape index (κ3) is 3.22. The number of hydrogen-bond acceptors (Lipinski definition) is 1. The van der Waals surface area contributed by atoms with E-state index in [-0.39, 0.29) is 5.82 Å². The summed E-state index contributed by atoms with van der Waals surface area (Å²) >= 11 is 0. The van der Waals surface area contributed by atoms with E-state index < -0.39 is 0 Å². The van der Waals surface area contributed by atoms with Crippen LogP contribution in [0.1, 0.15) is 32.1 Å². The third-order valence-corrected chi connectivity index (χ3v) is 2.94. The molecular weight excluding hydrogens is 191 g/mol. The first-order chi connectivity index (χ1) is 7.34. The molecule has 1 aliphatic carbocycles. The summed E-state index contributed by atoms with van der Waals surface area (Å²) in [6, 6.07) is 7.22. The highest BCUT2D eigenvalue weighted by Gasteiger charge is 2.13. The van der Waals surface area contributed by atoms with Gasteiger partial charge in [-0.05, 0) is 30.9 Å². The van der Waals surface area contributed by atoms with E-state index in [2.05, 4.69) is 6.07 Å². The van der Waals surface area contributed by atoms with Crippen molar-refractivity contribution in [2.75, 3.05) is 6.61 Å². The van der Waals surface area contributed by atoms with Crippen molar-refractivity contribution in [2.24, 2.45) is 5.92 Å². The number of hydrogen-bond donors (Lipinski definition) is 0. The highest BCUT2D eigenvalue weighted by molar-refractivity contribution is 5.20. The highest BCUT2D eigenvalue weighted by Crippen LogP contribution is 2.24. The zero-order chi connectivity index (χ0) is 10.5. The van der Waals surface area contributed by atoms with Gasteiger partial charge in [-0.15, -0.1) is 0 Å². The fourth-order valence-corrected chi connectivity index (χ4v) is 2.06. The molecule has 2 rings (SSSR count). The monoisotopic (exact) mass is 207 g/mol. The molecule has 0 aliphatic heterocycles. The number of rotatable bonds is 3. The Kier molecular flexibility index (Phi) is 3.59. The molecule has 0 saturated heterocycles. The molecule has 0 aromatic heterocycles. The van der Waals surface area contributed by atoms with E-state index in [0.29, 0.717) is 18.3 Å². The quantitative estimate of drug-likeness (QED) is 0.736. The normalized spacial score (nSPS) is 17.7. The fourth-order valence-electron chi connectivity index (χ4n) is 2.06. The smallest absolute Gasteiger partial charge is 0.130 e. The largest absolute Gasteiger partial charge is 0.493 e. The first-order valence-electron chi connectivity index (χ1n) is 5.64. The second-order valence-electron chi connectivity index (χ2n) is 4.19. The van der Waals surface area contributed by atoms with Gasteiger partial charge in [-0.25, -0.2) is 4.39 Å². The van der Waals surface area contributed by atoms with Crippen molar-refractivity contribution in [3.8, 4) is 5.75 Å². The van der Waals surface area contributed by atoms with Gasteiger partial charge in [-0.3, -0.25) is 0 Å². The van der Waals surface area contributed by atoms with Crippen LogP contribution in [0.2, 0.25) is 0 Å². The van der Waals surface area contributed by atoms with Crippen molar-refractivity contribution >= 4 is 0 Å². The lowest BCUT2D eigenvalue weighted by Crippen LogP contribution is -2.15. The molecule has 0 bridgehead atoms. The molecule has 0 unspecified atom stereocenters. The summed E-state index contributed by atoms with van der Waals surface area (Å²) in [6.45, 7) is 0.708. The summed E-state index contributed by atoms with van der Waals surface area (Å²) in [5.41, 5.74) is 0. The van der Waals surface area contributed by atoms with Gasteiger partial charge in [0.05, 0.1) is 6.61 Å². The second kappa shape index (κ2) is 5.15. The Morgan fingerprint density at radius 3 is 2.87 bits per heavy atom. The van der Waals surface area contributed by atoms with E-state index in [1.54, 1.807) is 6.07 Å². The zero-order valence-corrected chi connectivity index (χ0v) is 8.84. The predicted octanol–water partition coefficient (Wildman–Crippen LogP) is 3.58. The summed E-state index contributed by atoms with van der Waals surface area (Å²) in [5.74, 6) is 0.920. The molecule has 0 N–H and O–H groups in total. The predicted molar refractivity (Wildman–Crippen MR) is 57.3 cm³/mol. The Morgan fingerprint density at radius 1 is 1.33 bits per heavy atom. The summed E-state index contributed by atoms with van der Waals surface area (Å²) in [7, 11) is 0. The number of ether oxygens (including phenoxy) is 1. The highest BCUT2D eigenvalue weighted by atomic mass is 19.1. The van der Waals surface area contributed by atoms with Crippen LogP contribution in [-0.4, -0.2) is 6.61 Å². The van der Waals surface area contributed by atoms with Gasteiger partial charge in [0.1, 0.15) is 11.6 Å². The third-order valence-electron chi connectivity index (χ3n) is 2.94. The second-order valence-corrected chi connectivity index (χ2v) is 4.19. The van der Waals surface area contributed by atoms with Crippen LogP contribution in [0.5, 0.6) is 5.75 Å². The van der Waals surface area contributed by atoms with E-state index in [0.717, 1.165) is 0 Å². The van der Waals surface area contributed by atoms with Crippen molar-refractivity contribution < 1.29 is 9.13 Å². The molecule has 1 fully saturated rings. The molecule has 2 heteroatoms. The summed E-state index contributed by atoms with van der Waals surface area (Å²) < 4.78 is 18.4. The Balaban J connectivity index is 1.81. The van der Waals surface area contributed by atoms with Gasteiger partial charge in [-0.1, -0.05) is 19.3 Å². The van der Waals surface area contributed by atoms with Crippen LogP contribution in [0.3, 0.4) is 0 Å². The average molecular weight is 207 g/mol. The Hall–Kier alpha value is -1.05. The van der Waals surface area contributed by atoms with Crippen LogP contribution in [0, 0.1) is 17.8 Å². The first-order valence-corrected chi connectivity index (χ1v) is 5.64. The minimum atomic E-state index is -0.257. The lowest BCUT2D eigenvalue weighted by molar-refractivity contribution is 0.208. The summed E-state index contributed by atoms with van der Waals surface area (Å²) in [4.78, 5) is 0. The number of benzene rings is 1. The van der Waals surface area contributed by atoms with E-state index >= 15 is 0 Å². The number of halogens is 1. The molecule has 15 heavy (non-hydrogen) atoms. The SMILES string of the molecule is Fc1cc[c]c(OCC2CCCCC2)c1. The minimum absolute atomic E-state index is 0.257. The van der Waals surface area contributed by atoms with Crippen LogP contribution < -0.4 is 4.74 Å². The molecule has 81 valence electrons. The van der Waals surface area contributed by atoms with E-state index in [1.165, 1.54) is 44.2 Å². The molecule has 0 spiro atoms. The molecule has 0 amide bonds. The van der Waals surface area contributed by atoms with Gasteiger partial charge in [0.25, 0.3) is 0 Å². The Bertz CT molecular complexity index is 305. The van der Waals surface area contributed by atoms with E-state index in [9.17, 15) is 4.39 Å². The van der Waals surface area contributed by atoms with E-state index in [4.69, 9.17) is 4.74 Å². The molecule has 1 saturated carbocycles. The molecule has 0 atom stereocenters. The van der Waals surface area contributed by atoms with Crippen LogP contribution >= 0.6 is 0 Å². The Labute approximate surface area is 90.3 Å². The van der Waals surface area contributed by atoms with Gasteiger partial charge in [0.15, 0.2) is 0 Å². The standard InChI is InChI=1S/C13H16FO/c14-12-7-4-8-13(9-12)15-10-11-5-2-1-3-6-11/h4,7,9,11H,1-3,5-6,10H2. The van der Waals surface area contributed by atoms with E-state index in [1.807, 2.05) is 0 Å². The first kappa shape index (κ1) is 10.5. The lowest BCUT2D eigenvalue weighted by atomic mass is 9.90. The maximum atomic E-state index is 12.8. The molecule has 1 nitrogen and oxygen atoms in total. The van der Waals surface area contributed by atoms with Gasteiger partial charge in [-0.2, -0.15) is 0 Å². The maximum absolute atomic E-state index is 12.8. The summed E-state index contributed by atoms with van der Waals surface area (Å²) in [5, 5.41) is 0. The van der Waals surface area contributed by atoms with Crippen molar-refractivity contribution in [3.05, 3.63) is 30.1 Å². The fraction of sp³-hybridized carbons (Fsp3) is 0.538. The van der Waals surface area contributed by atoms with Crippen molar-refractivity contribution in [2.45, 2.75) is 32.1 Å². The molecule has 1 aliphatic rings. The van der Waals surface area contributed by atoms with Crippen molar-refractivity contribution in [1.82, 2.24) is 0 Å². The molecule has 1 aromatic rings. The van der Waals surface area contributed by atoms with Crippen molar-refractivity contribution in [3.63, 3.8) is 0 Å². The molecule has 1 radical (unpaired) electrons. The average Bonchev–Trinajstić information content (AvgIpc) is 2.28. The molecular formula is C13H16FO. The van der Waals surface area contributed by atoms with Gasteiger partial charge in [0, 0.05) is 12.1 Å². The van der Waals surface area contributed by atoms with Gasteiger partial charge < -0.3 is 4.74 Å². The molecule has 0 heterocycles. The zero-order valence-electron chi connectivity index (χ0n) is 8.84. The van der Waals surface area contributed by atoms with Gasteiger partial charge >= 0.3 is 0 Å².